The van der Waals surface area contributed by atoms with Crippen LogP contribution in [0, 0.1) is 23.4 Å². The second kappa shape index (κ2) is 10.4. The third-order valence-electron chi connectivity index (χ3n) is 7.02. The smallest absolute Gasteiger partial charge is 0.170 e. The van der Waals surface area contributed by atoms with Crippen LogP contribution in [0.1, 0.15) is 69.4 Å². The lowest BCUT2D eigenvalue weighted by molar-refractivity contribution is 0.312. The van der Waals surface area contributed by atoms with Crippen molar-refractivity contribution in [2.24, 2.45) is 5.92 Å². The maximum Gasteiger partial charge on any atom is 0.170 e. The van der Waals surface area contributed by atoms with Gasteiger partial charge in [-0.15, -0.1) is 0 Å². The SMILES string of the molecule is C/C=C/CCC1CCC(c2ccc(-c3cc4ccc(/C=C/C)c(F)c4c(F)c3F)cc2)CC1. The molecule has 3 heteroatoms. The Morgan fingerprint density at radius 2 is 1.55 bits per heavy atom. The predicted octanol–water partition coefficient (Wildman–Crippen LogP) is 9.59. The number of rotatable bonds is 6. The molecule has 0 heterocycles. The zero-order chi connectivity index (χ0) is 23.4. The third kappa shape index (κ3) is 4.93. The first kappa shape index (κ1) is 23.4. The largest absolute Gasteiger partial charge is 0.206 e. The van der Waals surface area contributed by atoms with Gasteiger partial charge in [0.05, 0.1) is 5.39 Å². The molecule has 1 fully saturated rings. The van der Waals surface area contributed by atoms with Crippen LogP contribution in [0.4, 0.5) is 13.2 Å². The van der Waals surface area contributed by atoms with Crippen LogP contribution < -0.4 is 0 Å². The van der Waals surface area contributed by atoms with Crippen molar-refractivity contribution in [3.8, 4) is 11.1 Å². The van der Waals surface area contributed by atoms with E-state index in [4.69, 9.17) is 0 Å². The second-order valence-corrected chi connectivity index (χ2v) is 9.11. The molecule has 0 amide bonds. The molecule has 33 heavy (non-hydrogen) atoms. The molecule has 0 bridgehead atoms. The molecule has 0 atom stereocenters. The van der Waals surface area contributed by atoms with Crippen molar-refractivity contribution in [1.82, 2.24) is 0 Å². The zero-order valence-corrected chi connectivity index (χ0v) is 19.4. The maximum absolute atomic E-state index is 15.0. The molecule has 1 aliphatic carbocycles. The van der Waals surface area contributed by atoms with Gasteiger partial charge in [0, 0.05) is 11.1 Å². The molecule has 0 spiro atoms. The molecular formula is C30H31F3. The van der Waals surface area contributed by atoms with Crippen LogP contribution in [0.15, 0.2) is 60.7 Å². The van der Waals surface area contributed by atoms with E-state index >= 15 is 0 Å². The van der Waals surface area contributed by atoms with Crippen molar-refractivity contribution < 1.29 is 13.2 Å². The van der Waals surface area contributed by atoms with Crippen LogP contribution in [0.3, 0.4) is 0 Å². The van der Waals surface area contributed by atoms with Gasteiger partial charge in [0.25, 0.3) is 0 Å². The summed E-state index contributed by atoms with van der Waals surface area (Å²) >= 11 is 0. The van der Waals surface area contributed by atoms with E-state index in [2.05, 4.69) is 19.1 Å². The molecule has 0 unspecified atom stereocenters. The Balaban J connectivity index is 1.55. The zero-order valence-electron chi connectivity index (χ0n) is 19.4. The molecule has 0 nitrogen and oxygen atoms in total. The van der Waals surface area contributed by atoms with Crippen LogP contribution in [0.25, 0.3) is 28.0 Å². The van der Waals surface area contributed by atoms with E-state index in [1.54, 1.807) is 37.3 Å². The van der Waals surface area contributed by atoms with Crippen molar-refractivity contribution in [1.29, 1.82) is 0 Å². The van der Waals surface area contributed by atoms with E-state index in [9.17, 15) is 13.2 Å². The Labute approximate surface area is 194 Å². The highest BCUT2D eigenvalue weighted by molar-refractivity contribution is 5.90. The standard InChI is InChI=1S/C30H31F3/c1-3-5-6-8-20-9-11-21(12-10-20)22-13-15-23(16-14-22)26-19-25-18-17-24(7-4-2)28(31)27(25)30(33)29(26)32/h3-5,7,13-21H,6,8-12H2,1-2H3/b5-3+,7-4+. The number of allylic oxidation sites excluding steroid dienone is 3. The first-order chi connectivity index (χ1) is 16.0. The normalized spacial score (nSPS) is 19.2. The van der Waals surface area contributed by atoms with E-state index < -0.39 is 17.5 Å². The lowest BCUT2D eigenvalue weighted by Gasteiger charge is -2.28. The summed E-state index contributed by atoms with van der Waals surface area (Å²) in [5.74, 6) is -1.54. The van der Waals surface area contributed by atoms with Gasteiger partial charge in [-0.2, -0.15) is 0 Å². The summed E-state index contributed by atoms with van der Waals surface area (Å²) in [5.41, 5.74) is 2.28. The molecule has 0 aromatic heterocycles. The summed E-state index contributed by atoms with van der Waals surface area (Å²) in [4.78, 5) is 0. The van der Waals surface area contributed by atoms with Crippen LogP contribution in [0.2, 0.25) is 0 Å². The molecule has 4 rings (SSSR count). The van der Waals surface area contributed by atoms with E-state index in [1.807, 2.05) is 24.3 Å². The van der Waals surface area contributed by atoms with Crippen molar-refractivity contribution in [3.63, 3.8) is 0 Å². The van der Waals surface area contributed by atoms with Gasteiger partial charge in [0.1, 0.15) is 5.82 Å². The molecule has 172 valence electrons. The first-order valence-electron chi connectivity index (χ1n) is 12.0. The number of halogens is 3. The van der Waals surface area contributed by atoms with Crippen LogP contribution >= 0.6 is 0 Å². The lowest BCUT2D eigenvalue weighted by Crippen LogP contribution is -2.13. The Morgan fingerprint density at radius 3 is 2.21 bits per heavy atom. The summed E-state index contributed by atoms with van der Waals surface area (Å²) in [6.45, 7) is 3.82. The lowest BCUT2D eigenvalue weighted by atomic mass is 9.77. The third-order valence-corrected chi connectivity index (χ3v) is 7.02. The Bertz CT molecular complexity index is 1160. The fourth-order valence-electron chi connectivity index (χ4n) is 5.13. The van der Waals surface area contributed by atoms with Gasteiger partial charge in [0.15, 0.2) is 11.6 Å². The van der Waals surface area contributed by atoms with Gasteiger partial charge in [0.2, 0.25) is 0 Å². The van der Waals surface area contributed by atoms with Gasteiger partial charge in [-0.1, -0.05) is 60.7 Å². The van der Waals surface area contributed by atoms with E-state index in [-0.39, 0.29) is 16.5 Å². The van der Waals surface area contributed by atoms with Crippen molar-refractivity contribution in [3.05, 3.63) is 89.3 Å². The number of benzene rings is 3. The average molecular weight is 449 g/mol. The minimum absolute atomic E-state index is 0.164. The molecule has 3 aromatic carbocycles. The average Bonchev–Trinajstić information content (AvgIpc) is 2.84. The molecule has 0 aliphatic heterocycles. The van der Waals surface area contributed by atoms with Crippen LogP contribution in [0.5, 0.6) is 0 Å². The first-order valence-corrected chi connectivity index (χ1v) is 12.0. The van der Waals surface area contributed by atoms with Crippen molar-refractivity contribution in [2.45, 2.75) is 58.3 Å². The van der Waals surface area contributed by atoms with Crippen molar-refractivity contribution >= 4 is 16.8 Å². The summed E-state index contributed by atoms with van der Waals surface area (Å²) in [6.07, 6.45) is 14.8. The minimum atomic E-state index is -1.13. The molecule has 0 N–H and O–H groups in total. The highest BCUT2D eigenvalue weighted by atomic mass is 19.2. The highest BCUT2D eigenvalue weighted by Crippen LogP contribution is 2.39. The molecule has 3 aromatic rings. The Kier molecular flexibility index (Phi) is 7.37. The van der Waals surface area contributed by atoms with Gasteiger partial charge in [-0.05, 0) is 86.8 Å². The van der Waals surface area contributed by atoms with Gasteiger partial charge in [-0.25, -0.2) is 13.2 Å². The summed E-state index contributed by atoms with van der Waals surface area (Å²) in [6, 6.07) is 12.6. The van der Waals surface area contributed by atoms with E-state index in [0.717, 1.165) is 12.3 Å². The monoisotopic (exact) mass is 448 g/mol. The molecule has 0 radical (unpaired) electrons. The molecule has 0 saturated heterocycles. The quantitative estimate of drug-likeness (QED) is 0.329. The number of fused-ring (bicyclic) bond motifs is 1. The summed E-state index contributed by atoms with van der Waals surface area (Å²) in [5, 5.41) is 0.0598. The van der Waals surface area contributed by atoms with Gasteiger partial charge in [-0.3, -0.25) is 0 Å². The molecule has 1 saturated carbocycles. The topological polar surface area (TPSA) is 0 Å². The summed E-state index contributed by atoms with van der Waals surface area (Å²) in [7, 11) is 0. The van der Waals surface area contributed by atoms with Crippen LogP contribution in [-0.4, -0.2) is 0 Å². The minimum Gasteiger partial charge on any atom is -0.206 e. The van der Waals surface area contributed by atoms with Gasteiger partial charge < -0.3 is 0 Å². The van der Waals surface area contributed by atoms with Crippen LogP contribution in [-0.2, 0) is 0 Å². The Morgan fingerprint density at radius 1 is 0.818 bits per heavy atom. The fraction of sp³-hybridized carbons (Fsp3) is 0.333. The van der Waals surface area contributed by atoms with Gasteiger partial charge >= 0.3 is 0 Å². The van der Waals surface area contributed by atoms with E-state index in [1.165, 1.54) is 37.7 Å². The summed E-state index contributed by atoms with van der Waals surface area (Å²) < 4.78 is 44.6. The molecular weight excluding hydrogens is 417 g/mol. The highest BCUT2D eigenvalue weighted by Gasteiger charge is 2.23. The maximum atomic E-state index is 15.0. The number of hydrogen-bond acceptors (Lipinski definition) is 0. The second-order valence-electron chi connectivity index (χ2n) is 9.11. The Hall–Kier alpha value is -2.81. The molecule has 1 aliphatic rings. The van der Waals surface area contributed by atoms with E-state index in [0.29, 0.717) is 16.9 Å². The predicted molar refractivity (Wildman–Crippen MR) is 133 cm³/mol. The van der Waals surface area contributed by atoms with Crippen molar-refractivity contribution in [2.75, 3.05) is 0 Å². The fourth-order valence-corrected chi connectivity index (χ4v) is 5.13. The number of hydrogen-bond donors (Lipinski definition) is 0.